The summed E-state index contributed by atoms with van der Waals surface area (Å²) in [7, 11) is 2.11. The predicted molar refractivity (Wildman–Crippen MR) is 156 cm³/mol. The van der Waals surface area contributed by atoms with Gasteiger partial charge in [-0.2, -0.15) is 0 Å². The van der Waals surface area contributed by atoms with Crippen LogP contribution in [0.15, 0.2) is 48.7 Å². The lowest BCUT2D eigenvalue weighted by Gasteiger charge is -2.34. The van der Waals surface area contributed by atoms with Crippen LogP contribution in [-0.2, 0) is 11.2 Å². The Morgan fingerprint density at radius 2 is 1.76 bits per heavy atom. The number of nitrogens with two attached hydrogens (primary N) is 1. The molecule has 3 aromatic rings. The minimum atomic E-state index is -0.681. The number of likely N-dealkylation sites (N-methyl/N-ethyl adjacent to an activating group) is 1. The molecule has 2 aliphatic rings. The summed E-state index contributed by atoms with van der Waals surface area (Å²) in [6, 6.07) is 10.7. The zero-order chi connectivity index (χ0) is 28.9. The maximum atomic E-state index is 13.7. The van der Waals surface area contributed by atoms with Crippen LogP contribution in [0.2, 0.25) is 0 Å². The third-order valence-corrected chi connectivity index (χ3v) is 7.50. The van der Waals surface area contributed by atoms with E-state index in [1.165, 1.54) is 18.3 Å². The van der Waals surface area contributed by atoms with Crippen LogP contribution in [-0.4, -0.2) is 74.1 Å². The molecule has 5 N–H and O–H groups in total. The van der Waals surface area contributed by atoms with Crippen LogP contribution < -0.4 is 21.3 Å². The number of carbonyl (C=O) groups excluding carboxylic acids is 1. The Labute approximate surface area is 238 Å². The van der Waals surface area contributed by atoms with Crippen LogP contribution in [0.5, 0.6) is 0 Å². The van der Waals surface area contributed by atoms with Gasteiger partial charge in [-0.1, -0.05) is 0 Å². The van der Waals surface area contributed by atoms with Crippen molar-refractivity contribution in [3.8, 4) is 0 Å². The maximum Gasteiger partial charge on any atom is 0.258 e. The third kappa shape index (κ3) is 7.17. The molecule has 1 aromatic heterocycles. The molecule has 0 radical (unpaired) electrons. The summed E-state index contributed by atoms with van der Waals surface area (Å²) in [6.45, 7) is 5.05. The molecule has 0 saturated carbocycles. The second-order valence-electron chi connectivity index (χ2n) is 10.6. The number of pyridine rings is 1. The minimum absolute atomic E-state index is 0.135. The SMILES string of the molecule is CN1CCN(c2ccc(C(=O)NC(=N)c3cc(Cc4cc(F)cc(F)c4)ncc3N)c(NC3CCOCC3)c2)CC1. The van der Waals surface area contributed by atoms with Gasteiger partial charge in [0.2, 0.25) is 0 Å². The fourth-order valence-electron chi connectivity index (χ4n) is 5.17. The van der Waals surface area contributed by atoms with E-state index in [-0.39, 0.29) is 29.5 Å². The number of anilines is 3. The Hall–Kier alpha value is -4.09. The van der Waals surface area contributed by atoms with E-state index in [2.05, 4.69) is 32.5 Å². The third-order valence-electron chi connectivity index (χ3n) is 7.50. The first-order valence-corrected chi connectivity index (χ1v) is 13.8. The molecular formula is C30H35F2N7O2. The Morgan fingerprint density at radius 1 is 1.05 bits per heavy atom. The van der Waals surface area contributed by atoms with Crippen molar-refractivity contribution in [2.24, 2.45) is 0 Å². The van der Waals surface area contributed by atoms with E-state index in [9.17, 15) is 13.6 Å². The van der Waals surface area contributed by atoms with Gasteiger partial charge >= 0.3 is 0 Å². The molecule has 5 rings (SSSR count). The Kier molecular flexibility index (Phi) is 8.75. The van der Waals surface area contributed by atoms with Crippen molar-refractivity contribution in [3.63, 3.8) is 0 Å². The first-order valence-electron chi connectivity index (χ1n) is 13.8. The lowest BCUT2D eigenvalue weighted by atomic mass is 10.0. The zero-order valence-electron chi connectivity index (χ0n) is 23.1. The van der Waals surface area contributed by atoms with Gasteiger partial charge in [-0.15, -0.1) is 0 Å². The zero-order valence-corrected chi connectivity index (χ0v) is 23.1. The number of hydrogen-bond donors (Lipinski definition) is 4. The molecular weight excluding hydrogens is 528 g/mol. The molecule has 2 fully saturated rings. The summed E-state index contributed by atoms with van der Waals surface area (Å²) >= 11 is 0. The second kappa shape index (κ2) is 12.6. The average Bonchev–Trinajstić information content (AvgIpc) is 2.94. The number of carbonyl (C=O) groups is 1. The maximum absolute atomic E-state index is 13.7. The number of amides is 1. The van der Waals surface area contributed by atoms with E-state index in [1.807, 2.05) is 12.1 Å². The van der Waals surface area contributed by atoms with Crippen molar-refractivity contribution in [1.29, 1.82) is 5.41 Å². The molecule has 2 aromatic carbocycles. The number of halogens is 2. The fraction of sp³-hybridized carbons (Fsp3) is 0.367. The van der Waals surface area contributed by atoms with E-state index >= 15 is 0 Å². The molecule has 0 atom stereocenters. The van der Waals surface area contributed by atoms with Gasteiger partial charge in [0, 0.05) is 80.6 Å². The Bertz CT molecular complexity index is 1400. The van der Waals surface area contributed by atoms with Gasteiger partial charge in [0.25, 0.3) is 5.91 Å². The number of rotatable bonds is 7. The van der Waals surface area contributed by atoms with Crippen LogP contribution in [0.25, 0.3) is 0 Å². The highest BCUT2D eigenvalue weighted by Crippen LogP contribution is 2.27. The summed E-state index contributed by atoms with van der Waals surface area (Å²) < 4.78 is 32.8. The first-order chi connectivity index (χ1) is 19.7. The fourth-order valence-corrected chi connectivity index (χ4v) is 5.17. The summed E-state index contributed by atoms with van der Waals surface area (Å²) in [6.07, 6.45) is 3.18. The molecule has 2 aliphatic heterocycles. The molecule has 2 saturated heterocycles. The molecule has 11 heteroatoms. The average molecular weight is 564 g/mol. The van der Waals surface area contributed by atoms with E-state index in [4.69, 9.17) is 15.9 Å². The molecule has 3 heterocycles. The van der Waals surface area contributed by atoms with E-state index in [0.717, 1.165) is 50.8 Å². The Balaban J connectivity index is 1.35. The number of hydrogen-bond acceptors (Lipinski definition) is 8. The number of ether oxygens (including phenoxy) is 1. The number of amidine groups is 1. The highest BCUT2D eigenvalue weighted by molar-refractivity contribution is 6.15. The van der Waals surface area contributed by atoms with Crippen LogP contribution in [0.1, 0.15) is 40.0 Å². The van der Waals surface area contributed by atoms with Crippen LogP contribution in [0.4, 0.5) is 25.8 Å². The topological polar surface area (TPSA) is 120 Å². The molecule has 41 heavy (non-hydrogen) atoms. The Morgan fingerprint density at radius 3 is 2.46 bits per heavy atom. The van der Waals surface area contributed by atoms with Crippen molar-refractivity contribution in [2.45, 2.75) is 25.3 Å². The van der Waals surface area contributed by atoms with Crippen LogP contribution >= 0.6 is 0 Å². The largest absolute Gasteiger partial charge is 0.397 e. The smallest absolute Gasteiger partial charge is 0.258 e. The first kappa shape index (κ1) is 28.4. The summed E-state index contributed by atoms with van der Waals surface area (Å²) in [5, 5.41) is 14.9. The number of nitrogens with one attached hydrogen (secondary N) is 3. The number of nitrogen functional groups attached to an aromatic ring is 1. The van der Waals surface area contributed by atoms with Gasteiger partial charge in [-0.05, 0) is 61.9 Å². The number of piperazine rings is 1. The highest BCUT2D eigenvalue weighted by Gasteiger charge is 2.22. The van der Waals surface area contributed by atoms with Crippen molar-refractivity contribution in [2.75, 3.05) is 62.4 Å². The van der Waals surface area contributed by atoms with Gasteiger partial charge in [0.1, 0.15) is 17.5 Å². The predicted octanol–water partition coefficient (Wildman–Crippen LogP) is 3.63. The normalized spacial score (nSPS) is 16.4. The molecule has 0 unspecified atom stereocenters. The molecule has 0 bridgehead atoms. The quantitative estimate of drug-likeness (QED) is 0.256. The van der Waals surface area contributed by atoms with Gasteiger partial charge in [-0.25, -0.2) is 8.78 Å². The van der Waals surface area contributed by atoms with Crippen molar-refractivity contribution >= 4 is 28.8 Å². The van der Waals surface area contributed by atoms with Crippen LogP contribution in [0, 0.1) is 17.0 Å². The summed E-state index contributed by atoms with van der Waals surface area (Å²) in [5.41, 5.74) is 9.59. The van der Waals surface area contributed by atoms with E-state index < -0.39 is 17.5 Å². The standard InChI is InChI=1S/C30H35F2N7O2/c1-38-6-8-39(9-7-38)24-2-3-25(28(17-24)36-22-4-10-41-11-5-22)30(40)37-29(34)26-16-23(35-18-27(26)33)14-19-12-20(31)15-21(32)13-19/h2-3,12-13,15-18,22,36H,4-11,14,33H2,1H3,(H2,34,37,40). The summed E-state index contributed by atoms with van der Waals surface area (Å²) in [4.78, 5) is 22.3. The van der Waals surface area contributed by atoms with E-state index in [0.29, 0.717) is 35.7 Å². The number of nitrogens with zero attached hydrogens (tertiary/aromatic N) is 3. The van der Waals surface area contributed by atoms with Crippen molar-refractivity contribution in [1.82, 2.24) is 15.2 Å². The lowest BCUT2D eigenvalue weighted by Crippen LogP contribution is -2.44. The second-order valence-corrected chi connectivity index (χ2v) is 10.6. The minimum Gasteiger partial charge on any atom is -0.397 e. The molecule has 9 nitrogen and oxygen atoms in total. The molecule has 0 aliphatic carbocycles. The van der Waals surface area contributed by atoms with Gasteiger partial charge < -0.3 is 30.9 Å². The van der Waals surface area contributed by atoms with E-state index in [1.54, 1.807) is 12.1 Å². The van der Waals surface area contributed by atoms with Crippen LogP contribution in [0.3, 0.4) is 0 Å². The van der Waals surface area contributed by atoms with Gasteiger partial charge in [-0.3, -0.25) is 15.2 Å². The number of benzene rings is 2. The molecule has 216 valence electrons. The lowest BCUT2D eigenvalue weighted by molar-refractivity contribution is 0.0904. The number of aromatic nitrogens is 1. The van der Waals surface area contributed by atoms with Gasteiger partial charge in [0.15, 0.2) is 0 Å². The highest BCUT2D eigenvalue weighted by atomic mass is 19.1. The van der Waals surface area contributed by atoms with Gasteiger partial charge in [0.05, 0.1) is 17.4 Å². The van der Waals surface area contributed by atoms with Crippen molar-refractivity contribution in [3.05, 3.63) is 82.7 Å². The molecule has 1 amide bonds. The molecule has 0 spiro atoms. The summed E-state index contributed by atoms with van der Waals surface area (Å²) in [5.74, 6) is -2.00. The van der Waals surface area contributed by atoms with Crippen molar-refractivity contribution < 1.29 is 18.3 Å². The monoisotopic (exact) mass is 563 g/mol.